The molecule has 1 amide bonds. The van der Waals surface area contributed by atoms with Gasteiger partial charge in [-0.1, -0.05) is 6.42 Å². The lowest BCUT2D eigenvalue weighted by atomic mass is 10.2. The Bertz CT molecular complexity index is 444. The molecular formula is C16H27N3O2. The van der Waals surface area contributed by atoms with Crippen LogP contribution in [0.3, 0.4) is 0 Å². The zero-order valence-corrected chi connectivity index (χ0v) is 13.0. The maximum atomic E-state index is 12.5. The minimum absolute atomic E-state index is 0.103. The van der Waals surface area contributed by atoms with Gasteiger partial charge in [0.15, 0.2) is 0 Å². The van der Waals surface area contributed by atoms with Crippen molar-refractivity contribution in [2.24, 2.45) is 5.73 Å². The van der Waals surface area contributed by atoms with Crippen molar-refractivity contribution in [3.05, 3.63) is 23.7 Å². The summed E-state index contributed by atoms with van der Waals surface area (Å²) >= 11 is 0. The summed E-state index contributed by atoms with van der Waals surface area (Å²) in [6, 6.07) is 1.77. The van der Waals surface area contributed by atoms with Crippen molar-refractivity contribution in [3.63, 3.8) is 0 Å². The van der Waals surface area contributed by atoms with Gasteiger partial charge in [0.1, 0.15) is 5.76 Å². The Kier molecular flexibility index (Phi) is 6.26. The first-order chi connectivity index (χ1) is 10.2. The molecule has 0 aromatic carbocycles. The molecule has 0 aliphatic carbocycles. The molecule has 2 N–H and O–H groups in total. The summed E-state index contributed by atoms with van der Waals surface area (Å²) in [5.74, 6) is 0.814. The van der Waals surface area contributed by atoms with Crippen LogP contribution >= 0.6 is 0 Å². The van der Waals surface area contributed by atoms with Crippen LogP contribution in [0.25, 0.3) is 0 Å². The fourth-order valence-corrected chi connectivity index (χ4v) is 2.83. The lowest BCUT2D eigenvalue weighted by Crippen LogP contribution is -2.35. The Hall–Kier alpha value is -1.33. The van der Waals surface area contributed by atoms with Gasteiger partial charge >= 0.3 is 0 Å². The summed E-state index contributed by atoms with van der Waals surface area (Å²) in [6.45, 7) is 7.43. The average molecular weight is 293 g/mol. The minimum atomic E-state index is 0.103. The highest BCUT2D eigenvalue weighted by Gasteiger charge is 2.22. The molecule has 0 atom stereocenters. The third kappa shape index (κ3) is 4.58. The number of nitrogens with zero attached hydrogens (tertiary/aromatic N) is 2. The number of rotatable bonds is 6. The van der Waals surface area contributed by atoms with Gasteiger partial charge < -0.3 is 20.0 Å². The van der Waals surface area contributed by atoms with Crippen LogP contribution in [0.5, 0.6) is 0 Å². The van der Waals surface area contributed by atoms with Crippen molar-refractivity contribution in [2.75, 3.05) is 39.3 Å². The van der Waals surface area contributed by atoms with Crippen LogP contribution in [0.15, 0.2) is 16.7 Å². The molecule has 0 spiro atoms. The van der Waals surface area contributed by atoms with Crippen LogP contribution in [0.4, 0.5) is 0 Å². The summed E-state index contributed by atoms with van der Waals surface area (Å²) in [5.41, 5.74) is 6.22. The predicted molar refractivity (Wildman–Crippen MR) is 83.3 cm³/mol. The Balaban J connectivity index is 1.80. The van der Waals surface area contributed by atoms with Crippen molar-refractivity contribution < 1.29 is 9.21 Å². The van der Waals surface area contributed by atoms with E-state index in [0.29, 0.717) is 11.3 Å². The summed E-state index contributed by atoms with van der Waals surface area (Å²) in [6.07, 6.45) is 6.14. The van der Waals surface area contributed by atoms with Gasteiger partial charge in [-0.25, -0.2) is 0 Å². The highest BCUT2D eigenvalue weighted by atomic mass is 16.3. The monoisotopic (exact) mass is 293 g/mol. The highest BCUT2D eigenvalue weighted by Crippen LogP contribution is 2.14. The maximum absolute atomic E-state index is 12.5. The molecule has 0 unspecified atom stereocenters. The van der Waals surface area contributed by atoms with E-state index in [2.05, 4.69) is 4.90 Å². The zero-order valence-electron chi connectivity index (χ0n) is 13.0. The lowest BCUT2D eigenvalue weighted by Gasteiger charge is -2.21. The van der Waals surface area contributed by atoms with E-state index in [1.54, 1.807) is 12.3 Å². The van der Waals surface area contributed by atoms with Crippen LogP contribution < -0.4 is 5.73 Å². The van der Waals surface area contributed by atoms with Gasteiger partial charge in [-0.2, -0.15) is 0 Å². The average Bonchev–Trinajstić information content (AvgIpc) is 2.77. The largest absolute Gasteiger partial charge is 0.469 e. The molecule has 2 rings (SSSR count). The fraction of sp³-hybridized carbons (Fsp3) is 0.688. The van der Waals surface area contributed by atoms with E-state index in [-0.39, 0.29) is 5.91 Å². The SMILES string of the molecule is Cc1occc1C(=O)N1CCCN(CCCCCN)CC1. The molecule has 21 heavy (non-hydrogen) atoms. The highest BCUT2D eigenvalue weighted by molar-refractivity contribution is 5.95. The fourth-order valence-electron chi connectivity index (χ4n) is 2.83. The van der Waals surface area contributed by atoms with E-state index in [0.717, 1.165) is 52.1 Å². The number of nitrogens with two attached hydrogens (primary N) is 1. The summed E-state index contributed by atoms with van der Waals surface area (Å²) in [5, 5.41) is 0. The summed E-state index contributed by atoms with van der Waals surface area (Å²) in [7, 11) is 0. The normalized spacial score (nSPS) is 17.0. The molecule has 0 saturated carbocycles. The Labute approximate surface area is 127 Å². The number of hydrogen-bond donors (Lipinski definition) is 1. The van der Waals surface area contributed by atoms with Crippen molar-refractivity contribution in [1.29, 1.82) is 0 Å². The standard InChI is InChI=1S/C16H27N3O2/c1-14-15(6-13-21-14)16(20)19-10-5-9-18(11-12-19)8-4-2-3-7-17/h6,13H,2-5,7-12,17H2,1H3. The quantitative estimate of drug-likeness (QED) is 0.813. The van der Waals surface area contributed by atoms with Gasteiger partial charge in [-0.3, -0.25) is 4.79 Å². The van der Waals surface area contributed by atoms with Gasteiger partial charge in [0.25, 0.3) is 5.91 Å². The van der Waals surface area contributed by atoms with Crippen LogP contribution in [0.1, 0.15) is 41.8 Å². The topological polar surface area (TPSA) is 62.7 Å². The van der Waals surface area contributed by atoms with E-state index in [1.807, 2.05) is 11.8 Å². The molecule has 118 valence electrons. The molecule has 2 heterocycles. The van der Waals surface area contributed by atoms with E-state index in [4.69, 9.17) is 10.2 Å². The van der Waals surface area contributed by atoms with Crippen molar-refractivity contribution >= 4 is 5.91 Å². The van der Waals surface area contributed by atoms with Gasteiger partial charge in [-0.05, 0) is 51.9 Å². The second-order valence-electron chi connectivity index (χ2n) is 5.73. The van der Waals surface area contributed by atoms with Crippen LogP contribution in [-0.2, 0) is 0 Å². The molecule has 5 nitrogen and oxygen atoms in total. The Morgan fingerprint density at radius 2 is 2.10 bits per heavy atom. The number of furan rings is 1. The third-order valence-electron chi connectivity index (χ3n) is 4.14. The van der Waals surface area contributed by atoms with Gasteiger partial charge in [0.2, 0.25) is 0 Å². The smallest absolute Gasteiger partial charge is 0.257 e. The Morgan fingerprint density at radius 1 is 1.24 bits per heavy atom. The van der Waals surface area contributed by atoms with Crippen LogP contribution in [0.2, 0.25) is 0 Å². The van der Waals surface area contributed by atoms with Crippen molar-refractivity contribution in [3.8, 4) is 0 Å². The molecule has 1 aromatic rings. The Morgan fingerprint density at radius 3 is 2.81 bits per heavy atom. The predicted octanol–water partition coefficient (Wildman–Crippen LogP) is 1.86. The number of unbranched alkanes of at least 4 members (excludes halogenated alkanes) is 2. The van der Waals surface area contributed by atoms with Crippen LogP contribution in [0, 0.1) is 6.92 Å². The molecule has 1 aromatic heterocycles. The number of aryl methyl sites for hydroxylation is 1. The maximum Gasteiger partial charge on any atom is 0.257 e. The summed E-state index contributed by atoms with van der Waals surface area (Å²) < 4.78 is 5.24. The number of carbonyl (C=O) groups excluding carboxylic acids is 1. The van der Waals surface area contributed by atoms with E-state index >= 15 is 0 Å². The van der Waals surface area contributed by atoms with Gasteiger partial charge in [0.05, 0.1) is 11.8 Å². The number of hydrogen-bond acceptors (Lipinski definition) is 4. The summed E-state index contributed by atoms with van der Waals surface area (Å²) in [4.78, 5) is 16.9. The molecular weight excluding hydrogens is 266 g/mol. The molecule has 1 fully saturated rings. The van der Waals surface area contributed by atoms with E-state index in [1.165, 1.54) is 12.8 Å². The molecule has 5 heteroatoms. The van der Waals surface area contributed by atoms with Crippen LogP contribution in [-0.4, -0.2) is 55.0 Å². The lowest BCUT2D eigenvalue weighted by molar-refractivity contribution is 0.0759. The zero-order chi connectivity index (χ0) is 15.1. The molecule has 1 saturated heterocycles. The third-order valence-corrected chi connectivity index (χ3v) is 4.14. The molecule has 0 bridgehead atoms. The minimum Gasteiger partial charge on any atom is -0.469 e. The van der Waals surface area contributed by atoms with E-state index in [9.17, 15) is 4.79 Å². The molecule has 1 aliphatic heterocycles. The number of carbonyl (C=O) groups is 1. The van der Waals surface area contributed by atoms with Crippen molar-refractivity contribution in [2.45, 2.75) is 32.6 Å². The molecule has 1 aliphatic rings. The van der Waals surface area contributed by atoms with Gasteiger partial charge in [-0.15, -0.1) is 0 Å². The van der Waals surface area contributed by atoms with E-state index < -0.39 is 0 Å². The number of amides is 1. The molecule has 0 radical (unpaired) electrons. The second-order valence-corrected chi connectivity index (χ2v) is 5.73. The van der Waals surface area contributed by atoms with Crippen molar-refractivity contribution in [1.82, 2.24) is 9.80 Å². The first-order valence-corrected chi connectivity index (χ1v) is 7.98. The first-order valence-electron chi connectivity index (χ1n) is 7.98. The first kappa shape index (κ1) is 16.0. The second kappa shape index (κ2) is 8.20. The van der Waals surface area contributed by atoms with Gasteiger partial charge in [0, 0.05) is 19.6 Å².